The summed E-state index contributed by atoms with van der Waals surface area (Å²) < 4.78 is 22.8. The van der Waals surface area contributed by atoms with Crippen molar-refractivity contribution in [1.82, 2.24) is 30.2 Å². The van der Waals surface area contributed by atoms with Crippen LogP contribution in [0.4, 0.5) is 21.6 Å². The lowest BCUT2D eigenvalue weighted by Crippen LogP contribution is -2.51. The number of nitrogens with zero attached hydrogens (tertiary/aromatic N) is 5. The Kier molecular flexibility index (Phi) is 7.40. The Hall–Kier alpha value is -4.09. The van der Waals surface area contributed by atoms with Crippen LogP contribution in [0.5, 0.6) is 0 Å². The molecule has 0 bridgehead atoms. The predicted octanol–water partition coefficient (Wildman–Crippen LogP) is 4.90. The van der Waals surface area contributed by atoms with Gasteiger partial charge in [-0.1, -0.05) is 12.1 Å². The smallest absolute Gasteiger partial charge is 0.271 e. The molecule has 0 radical (unpaired) electrons. The van der Waals surface area contributed by atoms with Crippen molar-refractivity contribution in [2.45, 2.75) is 63.5 Å². The van der Waals surface area contributed by atoms with E-state index in [4.69, 9.17) is 9.84 Å². The zero-order valence-corrected chi connectivity index (χ0v) is 26.5. The molecule has 5 heterocycles. The average molecular weight is 625 g/mol. The second-order valence-corrected chi connectivity index (χ2v) is 13.6. The molecular weight excluding hydrogens is 583 g/mol. The Labute approximate surface area is 268 Å². The van der Waals surface area contributed by atoms with E-state index in [0.717, 1.165) is 66.8 Å². The maximum atomic E-state index is 15.7. The number of hydrogen-bond acceptors (Lipinski definition) is 8. The molecule has 0 unspecified atom stereocenters. The number of benzene rings is 1. The highest BCUT2D eigenvalue weighted by atomic mass is 19.1. The first-order valence-corrected chi connectivity index (χ1v) is 16.6. The Morgan fingerprint density at radius 1 is 1.15 bits per heavy atom. The Morgan fingerprint density at radius 2 is 2.00 bits per heavy atom. The topological polar surface area (TPSA) is 109 Å². The zero-order chi connectivity index (χ0) is 31.4. The van der Waals surface area contributed by atoms with E-state index in [-0.39, 0.29) is 23.9 Å². The first kappa shape index (κ1) is 29.3. The molecule has 240 valence electrons. The van der Waals surface area contributed by atoms with Gasteiger partial charge in [0.15, 0.2) is 17.2 Å². The number of anilines is 3. The second kappa shape index (κ2) is 11.6. The van der Waals surface area contributed by atoms with Crippen molar-refractivity contribution in [3.63, 3.8) is 0 Å². The van der Waals surface area contributed by atoms with Gasteiger partial charge in [-0.25, -0.2) is 13.9 Å². The average Bonchev–Trinajstić information content (AvgIpc) is 3.68. The van der Waals surface area contributed by atoms with Crippen molar-refractivity contribution in [1.29, 1.82) is 0 Å². The molecule has 1 saturated heterocycles. The quantitative estimate of drug-likeness (QED) is 0.254. The summed E-state index contributed by atoms with van der Waals surface area (Å²) in [6.07, 6.45) is 11.9. The molecule has 2 aliphatic carbocycles. The largest absolute Gasteiger partial charge is 0.385 e. The number of pyridine rings is 1. The maximum Gasteiger partial charge on any atom is 0.271 e. The lowest BCUT2D eigenvalue weighted by molar-refractivity contribution is 0.00718. The van der Waals surface area contributed by atoms with Gasteiger partial charge in [0.2, 0.25) is 0 Å². The first-order valence-electron chi connectivity index (χ1n) is 16.6. The van der Waals surface area contributed by atoms with Crippen LogP contribution in [-0.2, 0) is 17.6 Å². The number of imidazole rings is 1. The van der Waals surface area contributed by atoms with Crippen LogP contribution in [0.3, 0.4) is 0 Å². The number of ether oxygens (including phenoxy) is 1. The SMILES string of the molecule is CNc1cc(N2CCc3c(-c4ncc(CC5CC6(CCNCC6)C5)cc4F)cccc32)nn2c(C(=O)N[C@@H]3CC[C@H]3OC)cnc12. The molecule has 11 heteroatoms. The molecule has 1 spiro atoms. The number of fused-ring (bicyclic) bond motifs is 2. The van der Waals surface area contributed by atoms with Crippen LogP contribution < -0.4 is 20.9 Å². The van der Waals surface area contributed by atoms with Gasteiger partial charge in [0.05, 0.1) is 24.0 Å². The van der Waals surface area contributed by atoms with Gasteiger partial charge in [-0.15, -0.1) is 5.10 Å². The molecule has 2 aliphatic heterocycles. The van der Waals surface area contributed by atoms with Gasteiger partial charge < -0.3 is 25.6 Å². The molecule has 4 aliphatic rings. The number of halogens is 1. The fourth-order valence-electron chi connectivity index (χ4n) is 8.27. The normalized spacial score (nSPS) is 22.0. The van der Waals surface area contributed by atoms with Crippen molar-refractivity contribution in [3.05, 3.63) is 65.4 Å². The maximum absolute atomic E-state index is 15.7. The van der Waals surface area contributed by atoms with E-state index in [1.54, 1.807) is 23.9 Å². The molecule has 3 N–H and O–H groups in total. The molecule has 2 atom stereocenters. The van der Waals surface area contributed by atoms with Crippen molar-refractivity contribution >= 4 is 28.7 Å². The van der Waals surface area contributed by atoms with E-state index in [1.807, 2.05) is 37.5 Å². The van der Waals surface area contributed by atoms with Crippen LogP contribution in [0.1, 0.15) is 60.1 Å². The van der Waals surface area contributed by atoms with Crippen molar-refractivity contribution < 1.29 is 13.9 Å². The van der Waals surface area contributed by atoms with Crippen LogP contribution >= 0.6 is 0 Å². The van der Waals surface area contributed by atoms with Gasteiger partial charge in [0.25, 0.3) is 5.91 Å². The summed E-state index contributed by atoms with van der Waals surface area (Å²) in [4.78, 5) is 24.6. The lowest BCUT2D eigenvalue weighted by atomic mass is 9.56. The van der Waals surface area contributed by atoms with Crippen molar-refractivity contribution in [3.8, 4) is 11.3 Å². The molecule has 2 saturated carbocycles. The highest BCUT2D eigenvalue weighted by Gasteiger charge is 2.44. The molecule has 3 aromatic heterocycles. The zero-order valence-electron chi connectivity index (χ0n) is 26.5. The lowest BCUT2D eigenvalue weighted by Gasteiger charge is -2.50. The van der Waals surface area contributed by atoms with Crippen LogP contribution in [0.15, 0.2) is 42.7 Å². The molecule has 1 amide bonds. The highest BCUT2D eigenvalue weighted by molar-refractivity contribution is 5.94. The van der Waals surface area contributed by atoms with E-state index in [0.29, 0.717) is 40.7 Å². The Bertz CT molecular complexity index is 1790. The Morgan fingerprint density at radius 3 is 2.74 bits per heavy atom. The third-order valence-corrected chi connectivity index (χ3v) is 10.9. The molecule has 8 rings (SSSR count). The summed E-state index contributed by atoms with van der Waals surface area (Å²) in [6, 6.07) is 9.57. The molecule has 10 nitrogen and oxygen atoms in total. The van der Waals surface area contributed by atoms with Crippen LogP contribution in [0.25, 0.3) is 16.9 Å². The van der Waals surface area contributed by atoms with E-state index >= 15 is 4.39 Å². The van der Waals surface area contributed by atoms with Gasteiger partial charge in [-0.3, -0.25) is 9.78 Å². The standard InChI is InChI=1S/C35H41FN8O2/c1-37-27-16-31(42-44-29(20-40-33(27)44)34(45)41-26-6-7-30(26)46-2)43-13-8-23-24(4-3-5-28(23)43)32-25(36)15-21(19-39-32)14-22-17-35(18-22)9-11-38-12-10-35/h3-5,15-16,19-20,22,26,30,37-38H,6-14,17-18H2,1-2H3,(H,41,45)/t26-,30-/m1/s1. The van der Waals surface area contributed by atoms with Gasteiger partial charge in [-0.2, -0.15) is 0 Å². The van der Waals surface area contributed by atoms with E-state index in [9.17, 15) is 4.79 Å². The summed E-state index contributed by atoms with van der Waals surface area (Å²) in [6.45, 7) is 2.91. The summed E-state index contributed by atoms with van der Waals surface area (Å²) in [5, 5.41) is 14.7. The number of piperidine rings is 1. The fourth-order valence-corrected chi connectivity index (χ4v) is 8.27. The van der Waals surface area contributed by atoms with Crippen LogP contribution in [-0.4, -0.2) is 71.4 Å². The van der Waals surface area contributed by atoms with Gasteiger partial charge in [0.1, 0.15) is 11.5 Å². The highest BCUT2D eigenvalue weighted by Crippen LogP contribution is 2.52. The molecule has 4 aromatic rings. The minimum Gasteiger partial charge on any atom is -0.385 e. The number of carbonyl (C=O) groups excluding carboxylic acids is 1. The van der Waals surface area contributed by atoms with E-state index < -0.39 is 0 Å². The number of amides is 1. The number of nitrogens with one attached hydrogen (secondary N) is 3. The van der Waals surface area contributed by atoms with Crippen LogP contribution in [0, 0.1) is 17.2 Å². The fraction of sp³-hybridized carbons (Fsp3) is 0.486. The van der Waals surface area contributed by atoms with Gasteiger partial charge >= 0.3 is 0 Å². The number of hydrogen-bond donors (Lipinski definition) is 3. The molecular formula is C35H41FN8O2. The number of carbonyl (C=O) groups is 1. The third-order valence-electron chi connectivity index (χ3n) is 10.9. The number of methoxy groups -OCH3 is 1. The second-order valence-electron chi connectivity index (χ2n) is 13.6. The summed E-state index contributed by atoms with van der Waals surface area (Å²) in [5.41, 5.74) is 6.40. The molecule has 3 fully saturated rings. The Balaban J connectivity index is 1.05. The van der Waals surface area contributed by atoms with E-state index in [1.165, 1.54) is 25.7 Å². The number of aromatic nitrogens is 4. The van der Waals surface area contributed by atoms with Crippen LogP contribution in [0.2, 0.25) is 0 Å². The summed E-state index contributed by atoms with van der Waals surface area (Å²) in [7, 11) is 3.50. The monoisotopic (exact) mass is 624 g/mol. The molecule has 46 heavy (non-hydrogen) atoms. The minimum atomic E-state index is -0.270. The molecule has 1 aromatic carbocycles. The van der Waals surface area contributed by atoms with Crippen molar-refractivity contribution in [2.75, 3.05) is 44.0 Å². The summed E-state index contributed by atoms with van der Waals surface area (Å²) in [5.74, 6) is 0.792. The van der Waals surface area contributed by atoms with Crippen molar-refractivity contribution in [2.24, 2.45) is 11.3 Å². The predicted molar refractivity (Wildman–Crippen MR) is 175 cm³/mol. The number of rotatable bonds is 8. The van der Waals surface area contributed by atoms with Gasteiger partial charge in [-0.05, 0) is 99.0 Å². The minimum absolute atomic E-state index is 0.0217. The first-order chi connectivity index (χ1) is 22.4. The summed E-state index contributed by atoms with van der Waals surface area (Å²) >= 11 is 0. The third kappa shape index (κ3) is 5.00. The van der Waals surface area contributed by atoms with Gasteiger partial charge in [0, 0.05) is 44.2 Å². The van der Waals surface area contributed by atoms with E-state index in [2.05, 4.69) is 30.8 Å².